The number of likely N-dealkylation sites (tertiary alicyclic amines) is 1. The van der Waals surface area contributed by atoms with Gasteiger partial charge in [0.05, 0.1) is 10.9 Å². The number of imidazole rings is 1. The standard InChI is InChI=1S/C14H16Cl2N4O/c15-8-12-18-11-7-10(16)9-17-14(11)20(12)6-3-13(21)19-4-1-2-5-19/h7,9H,1-6,8H2. The number of fused-ring (bicyclic) bond motifs is 1. The summed E-state index contributed by atoms with van der Waals surface area (Å²) in [6.45, 7) is 2.29. The Kier molecular flexibility index (Phi) is 4.31. The van der Waals surface area contributed by atoms with Crippen LogP contribution in [0.1, 0.15) is 25.1 Å². The molecule has 3 rings (SSSR count). The van der Waals surface area contributed by atoms with E-state index in [2.05, 4.69) is 9.97 Å². The van der Waals surface area contributed by atoms with Crippen molar-refractivity contribution in [3.05, 3.63) is 23.1 Å². The van der Waals surface area contributed by atoms with Gasteiger partial charge in [0, 0.05) is 32.3 Å². The highest BCUT2D eigenvalue weighted by Gasteiger charge is 2.19. The predicted molar refractivity (Wildman–Crippen MR) is 82.5 cm³/mol. The smallest absolute Gasteiger partial charge is 0.224 e. The van der Waals surface area contributed by atoms with E-state index in [0.717, 1.165) is 37.4 Å². The van der Waals surface area contributed by atoms with Gasteiger partial charge in [0.2, 0.25) is 5.91 Å². The molecule has 0 saturated carbocycles. The van der Waals surface area contributed by atoms with Crippen molar-refractivity contribution in [2.75, 3.05) is 13.1 Å². The van der Waals surface area contributed by atoms with E-state index in [1.54, 1.807) is 12.3 Å². The Labute approximate surface area is 132 Å². The van der Waals surface area contributed by atoms with Crippen LogP contribution in [0.25, 0.3) is 11.2 Å². The molecule has 1 amide bonds. The molecule has 1 saturated heterocycles. The summed E-state index contributed by atoms with van der Waals surface area (Å²) in [5.74, 6) is 1.19. The third-order valence-corrected chi connectivity index (χ3v) is 4.20. The first-order chi connectivity index (χ1) is 10.2. The molecule has 0 aromatic carbocycles. The number of aryl methyl sites for hydroxylation is 1. The molecule has 0 atom stereocenters. The number of alkyl halides is 1. The molecule has 2 aromatic heterocycles. The van der Waals surface area contributed by atoms with E-state index in [1.165, 1.54) is 0 Å². The highest BCUT2D eigenvalue weighted by Crippen LogP contribution is 2.20. The zero-order chi connectivity index (χ0) is 14.8. The lowest BCUT2D eigenvalue weighted by Crippen LogP contribution is -2.28. The largest absolute Gasteiger partial charge is 0.343 e. The van der Waals surface area contributed by atoms with Crippen LogP contribution in [0.15, 0.2) is 12.3 Å². The van der Waals surface area contributed by atoms with E-state index >= 15 is 0 Å². The summed E-state index contributed by atoms with van der Waals surface area (Å²) >= 11 is 11.9. The number of hydrogen-bond acceptors (Lipinski definition) is 3. The molecule has 0 aliphatic carbocycles. The summed E-state index contributed by atoms with van der Waals surface area (Å²) in [5, 5.41) is 0.543. The first-order valence-electron chi connectivity index (χ1n) is 7.03. The number of rotatable bonds is 4. The highest BCUT2D eigenvalue weighted by molar-refractivity contribution is 6.31. The minimum atomic E-state index is 0.184. The molecule has 5 nitrogen and oxygen atoms in total. The predicted octanol–water partition coefficient (Wildman–Crippen LogP) is 2.84. The number of pyridine rings is 1. The molecule has 1 aliphatic heterocycles. The minimum absolute atomic E-state index is 0.184. The molecule has 7 heteroatoms. The number of carbonyl (C=O) groups excluding carboxylic acids is 1. The van der Waals surface area contributed by atoms with Crippen LogP contribution in [-0.4, -0.2) is 38.4 Å². The lowest BCUT2D eigenvalue weighted by Gasteiger charge is -2.15. The van der Waals surface area contributed by atoms with Crippen molar-refractivity contribution in [2.24, 2.45) is 0 Å². The Balaban J connectivity index is 1.80. The second kappa shape index (κ2) is 6.20. The third kappa shape index (κ3) is 2.99. The quantitative estimate of drug-likeness (QED) is 0.812. The normalized spacial score (nSPS) is 15.0. The highest BCUT2D eigenvalue weighted by atomic mass is 35.5. The Morgan fingerprint density at radius 3 is 2.81 bits per heavy atom. The average molecular weight is 327 g/mol. The molecule has 0 radical (unpaired) electrons. The average Bonchev–Trinajstić information content (AvgIpc) is 3.11. The second-order valence-corrected chi connectivity index (χ2v) is 5.85. The van der Waals surface area contributed by atoms with Gasteiger partial charge in [-0.3, -0.25) is 4.79 Å². The van der Waals surface area contributed by atoms with Crippen LogP contribution < -0.4 is 0 Å². The van der Waals surface area contributed by atoms with Gasteiger partial charge in [0.25, 0.3) is 0 Å². The van der Waals surface area contributed by atoms with E-state index in [1.807, 2.05) is 9.47 Å². The summed E-state index contributed by atoms with van der Waals surface area (Å²) in [6.07, 6.45) is 4.24. The Morgan fingerprint density at radius 2 is 2.10 bits per heavy atom. The molecule has 1 fully saturated rings. The minimum Gasteiger partial charge on any atom is -0.343 e. The van der Waals surface area contributed by atoms with E-state index in [4.69, 9.17) is 23.2 Å². The molecule has 0 unspecified atom stereocenters. The fourth-order valence-electron chi connectivity index (χ4n) is 2.70. The fourth-order valence-corrected chi connectivity index (χ4v) is 3.06. The lowest BCUT2D eigenvalue weighted by atomic mass is 10.3. The molecule has 0 N–H and O–H groups in total. The monoisotopic (exact) mass is 326 g/mol. The van der Waals surface area contributed by atoms with Gasteiger partial charge in [-0.05, 0) is 18.9 Å². The summed E-state index contributed by atoms with van der Waals surface area (Å²) in [4.78, 5) is 22.8. The van der Waals surface area contributed by atoms with Crippen LogP contribution in [0.3, 0.4) is 0 Å². The van der Waals surface area contributed by atoms with Crippen LogP contribution in [0.2, 0.25) is 5.02 Å². The number of amides is 1. The maximum atomic E-state index is 12.1. The van der Waals surface area contributed by atoms with Gasteiger partial charge < -0.3 is 9.47 Å². The van der Waals surface area contributed by atoms with Crippen LogP contribution >= 0.6 is 23.2 Å². The lowest BCUT2D eigenvalue weighted by molar-refractivity contribution is -0.130. The number of hydrogen-bond donors (Lipinski definition) is 0. The SMILES string of the molecule is O=C(CCn1c(CCl)nc2cc(Cl)cnc21)N1CCCC1. The van der Waals surface area contributed by atoms with Crippen LogP contribution in [0.5, 0.6) is 0 Å². The molecule has 112 valence electrons. The molecular formula is C14H16Cl2N4O. The van der Waals surface area contributed by atoms with Crippen molar-refractivity contribution in [1.82, 2.24) is 19.4 Å². The van der Waals surface area contributed by atoms with Gasteiger partial charge in [-0.1, -0.05) is 11.6 Å². The van der Waals surface area contributed by atoms with Gasteiger partial charge >= 0.3 is 0 Å². The summed E-state index contributed by atoms with van der Waals surface area (Å²) in [7, 11) is 0. The van der Waals surface area contributed by atoms with Gasteiger partial charge in [-0.25, -0.2) is 9.97 Å². The van der Waals surface area contributed by atoms with Crippen molar-refractivity contribution in [3.63, 3.8) is 0 Å². The van der Waals surface area contributed by atoms with Crippen molar-refractivity contribution in [1.29, 1.82) is 0 Å². The summed E-state index contributed by atoms with van der Waals surface area (Å²) in [5.41, 5.74) is 1.44. The van der Waals surface area contributed by atoms with Gasteiger partial charge in [-0.15, -0.1) is 11.6 Å². The van der Waals surface area contributed by atoms with Crippen molar-refractivity contribution < 1.29 is 4.79 Å². The van der Waals surface area contributed by atoms with E-state index in [9.17, 15) is 4.79 Å². The maximum Gasteiger partial charge on any atom is 0.224 e. The Bertz CT molecular complexity index is 664. The number of carbonyl (C=O) groups is 1. The Morgan fingerprint density at radius 1 is 1.33 bits per heavy atom. The van der Waals surface area contributed by atoms with Gasteiger partial charge in [0.1, 0.15) is 11.3 Å². The zero-order valence-corrected chi connectivity index (χ0v) is 13.1. The first kappa shape index (κ1) is 14.6. The van der Waals surface area contributed by atoms with Crippen LogP contribution in [0, 0.1) is 0 Å². The van der Waals surface area contributed by atoms with Gasteiger partial charge in [-0.2, -0.15) is 0 Å². The molecule has 3 heterocycles. The molecule has 2 aromatic rings. The van der Waals surface area contributed by atoms with Crippen molar-refractivity contribution >= 4 is 40.3 Å². The molecular weight excluding hydrogens is 311 g/mol. The van der Waals surface area contributed by atoms with E-state index < -0.39 is 0 Å². The topological polar surface area (TPSA) is 51.0 Å². The zero-order valence-electron chi connectivity index (χ0n) is 11.6. The second-order valence-electron chi connectivity index (χ2n) is 5.15. The van der Waals surface area contributed by atoms with Crippen LogP contribution in [-0.2, 0) is 17.2 Å². The first-order valence-corrected chi connectivity index (χ1v) is 7.94. The summed E-state index contributed by atoms with van der Waals surface area (Å²) in [6, 6.07) is 1.76. The third-order valence-electron chi connectivity index (χ3n) is 3.76. The Hall–Kier alpha value is -1.33. The molecule has 21 heavy (non-hydrogen) atoms. The molecule has 0 bridgehead atoms. The number of halogens is 2. The van der Waals surface area contributed by atoms with Crippen LogP contribution in [0.4, 0.5) is 0 Å². The molecule has 1 aliphatic rings. The fraction of sp³-hybridized carbons (Fsp3) is 0.500. The van der Waals surface area contributed by atoms with Crippen molar-refractivity contribution in [3.8, 4) is 0 Å². The molecule has 0 spiro atoms. The van der Waals surface area contributed by atoms with Gasteiger partial charge in [0.15, 0.2) is 5.65 Å². The summed E-state index contributed by atoms with van der Waals surface area (Å²) < 4.78 is 1.91. The maximum absolute atomic E-state index is 12.1. The van der Waals surface area contributed by atoms with Crippen molar-refractivity contribution in [2.45, 2.75) is 31.7 Å². The van der Waals surface area contributed by atoms with E-state index in [0.29, 0.717) is 23.5 Å². The number of aromatic nitrogens is 3. The number of nitrogens with zero attached hydrogens (tertiary/aromatic N) is 4. The van der Waals surface area contributed by atoms with E-state index in [-0.39, 0.29) is 11.8 Å².